The van der Waals surface area contributed by atoms with Crippen molar-refractivity contribution in [2.75, 3.05) is 13.7 Å². The number of benzene rings is 3. The number of carbonyl (C=O) groups excluding carboxylic acids is 2. The maximum atomic E-state index is 13.4. The molecule has 2 fully saturated rings. The fourth-order valence-corrected chi connectivity index (χ4v) is 6.63. The molecule has 2 atom stereocenters. The van der Waals surface area contributed by atoms with Gasteiger partial charge in [0.15, 0.2) is 5.78 Å². The first-order valence-corrected chi connectivity index (χ1v) is 13.0. The molecule has 2 heterocycles. The van der Waals surface area contributed by atoms with Crippen molar-refractivity contribution in [3.05, 3.63) is 89.5 Å². The van der Waals surface area contributed by atoms with E-state index in [2.05, 4.69) is 36.4 Å². The van der Waals surface area contributed by atoms with Crippen molar-refractivity contribution >= 4 is 11.9 Å². The molecule has 2 aliphatic heterocycles. The van der Waals surface area contributed by atoms with Crippen molar-refractivity contribution in [1.82, 2.24) is 4.90 Å². The van der Waals surface area contributed by atoms with Crippen molar-refractivity contribution in [3.8, 4) is 16.9 Å². The number of methoxy groups -OCH3 is 1. The second-order valence-electron chi connectivity index (χ2n) is 10.2. The van der Waals surface area contributed by atoms with E-state index < -0.39 is 0 Å². The van der Waals surface area contributed by atoms with Gasteiger partial charge in [0, 0.05) is 23.9 Å². The molecule has 1 amide bonds. The molecule has 0 N–H and O–H groups in total. The monoisotopic (exact) mass is 481 g/mol. The number of para-hydroxylation sites is 1. The molecule has 6 rings (SSSR count). The lowest BCUT2D eigenvalue weighted by atomic mass is 9.75. The van der Waals surface area contributed by atoms with Gasteiger partial charge in [-0.3, -0.25) is 4.79 Å². The van der Waals surface area contributed by atoms with Gasteiger partial charge in [-0.1, -0.05) is 60.7 Å². The first-order chi connectivity index (χ1) is 17.7. The van der Waals surface area contributed by atoms with Crippen LogP contribution >= 0.6 is 0 Å². The normalized spacial score (nSPS) is 22.5. The Balaban J connectivity index is 1.17. The van der Waals surface area contributed by atoms with Gasteiger partial charge >= 0.3 is 6.09 Å². The largest absolute Gasteiger partial charge is 0.496 e. The maximum absolute atomic E-state index is 13.4. The molecule has 2 unspecified atom stereocenters. The fraction of sp³-hybridized carbons (Fsp3) is 0.355. The molecule has 0 aromatic heterocycles. The highest BCUT2D eigenvalue weighted by molar-refractivity contribution is 6.00. The summed E-state index contributed by atoms with van der Waals surface area (Å²) in [6.07, 6.45) is 4.02. The molecule has 184 valence electrons. The van der Waals surface area contributed by atoms with E-state index in [1.807, 2.05) is 41.3 Å². The third-order valence-corrected chi connectivity index (χ3v) is 8.26. The van der Waals surface area contributed by atoms with Crippen LogP contribution in [0.15, 0.2) is 72.8 Å². The quantitative estimate of drug-likeness (QED) is 0.393. The lowest BCUT2D eigenvalue weighted by molar-refractivity contribution is 0.00645. The van der Waals surface area contributed by atoms with Crippen molar-refractivity contribution in [2.45, 2.75) is 50.1 Å². The summed E-state index contributed by atoms with van der Waals surface area (Å²) in [4.78, 5) is 28.8. The van der Waals surface area contributed by atoms with Crippen LogP contribution in [-0.2, 0) is 4.74 Å². The van der Waals surface area contributed by atoms with Gasteiger partial charge in [0.2, 0.25) is 0 Å². The van der Waals surface area contributed by atoms with Crippen LogP contribution in [0.4, 0.5) is 4.79 Å². The highest BCUT2D eigenvalue weighted by Crippen LogP contribution is 2.45. The van der Waals surface area contributed by atoms with Crippen molar-refractivity contribution in [1.29, 1.82) is 0 Å². The third-order valence-electron chi connectivity index (χ3n) is 8.26. The Labute approximate surface area is 212 Å². The predicted molar refractivity (Wildman–Crippen MR) is 138 cm³/mol. The number of hydrogen-bond acceptors (Lipinski definition) is 4. The molecule has 5 heteroatoms. The van der Waals surface area contributed by atoms with Gasteiger partial charge in [-0.2, -0.15) is 0 Å². The fourth-order valence-electron chi connectivity index (χ4n) is 6.63. The zero-order chi connectivity index (χ0) is 24.6. The van der Waals surface area contributed by atoms with Crippen LogP contribution in [-0.4, -0.2) is 42.6 Å². The Bertz CT molecular complexity index is 1240. The number of amides is 1. The van der Waals surface area contributed by atoms with E-state index in [-0.39, 0.29) is 35.8 Å². The van der Waals surface area contributed by atoms with Crippen molar-refractivity contribution in [2.24, 2.45) is 5.92 Å². The molecule has 3 aliphatic rings. The highest BCUT2D eigenvalue weighted by Gasteiger charge is 2.44. The summed E-state index contributed by atoms with van der Waals surface area (Å²) in [7, 11) is 1.60. The second-order valence-corrected chi connectivity index (χ2v) is 10.2. The van der Waals surface area contributed by atoms with Crippen LogP contribution in [0.1, 0.15) is 59.5 Å². The molecule has 2 saturated heterocycles. The molecule has 2 bridgehead atoms. The standard InChI is InChI=1S/C31H31NO4/c1-35-29-16-7-6-15-27(29)30(33)20-17-21-9-8-10-22(18-20)32(21)31(34)36-19-28-25-13-4-2-11-23(25)24-12-3-5-14-26(24)28/h2-7,11-16,20-22,28H,8-10,17-19H2,1H3. The molecule has 36 heavy (non-hydrogen) atoms. The topological polar surface area (TPSA) is 55.8 Å². The van der Waals surface area contributed by atoms with Gasteiger partial charge in [0.25, 0.3) is 0 Å². The molecule has 3 aromatic rings. The molecule has 5 nitrogen and oxygen atoms in total. The number of ketones is 1. The van der Waals surface area contributed by atoms with Crippen LogP contribution in [0.25, 0.3) is 11.1 Å². The van der Waals surface area contributed by atoms with Gasteiger partial charge < -0.3 is 14.4 Å². The zero-order valence-electron chi connectivity index (χ0n) is 20.6. The Hall–Kier alpha value is -3.60. The van der Waals surface area contributed by atoms with E-state index in [0.29, 0.717) is 30.8 Å². The number of Topliss-reactive ketones (excluding diaryl/α,β-unsaturated/α-hetero) is 1. The van der Waals surface area contributed by atoms with Crippen LogP contribution in [0, 0.1) is 5.92 Å². The SMILES string of the molecule is COc1ccccc1C(=O)C1CC2CCCC(C1)N2C(=O)OCC1c2ccccc2-c2ccccc21. The van der Waals surface area contributed by atoms with Crippen LogP contribution in [0.3, 0.4) is 0 Å². The second kappa shape index (κ2) is 9.45. The van der Waals surface area contributed by atoms with E-state index >= 15 is 0 Å². The maximum Gasteiger partial charge on any atom is 0.410 e. The molecule has 1 aliphatic carbocycles. The summed E-state index contributed by atoms with van der Waals surface area (Å²) in [5.74, 6) is 0.684. The van der Waals surface area contributed by atoms with Crippen LogP contribution in [0.5, 0.6) is 5.75 Å². The lowest BCUT2D eigenvalue weighted by Gasteiger charge is -2.47. The Morgan fingerprint density at radius 3 is 2.06 bits per heavy atom. The van der Waals surface area contributed by atoms with Crippen molar-refractivity contribution in [3.63, 3.8) is 0 Å². The minimum atomic E-state index is -0.241. The average Bonchev–Trinajstić information content (AvgIpc) is 3.24. The van der Waals surface area contributed by atoms with Gasteiger partial charge in [-0.15, -0.1) is 0 Å². The first kappa shape index (κ1) is 22.8. The van der Waals surface area contributed by atoms with E-state index in [1.165, 1.54) is 22.3 Å². The minimum Gasteiger partial charge on any atom is -0.496 e. The Morgan fingerprint density at radius 2 is 1.42 bits per heavy atom. The number of rotatable bonds is 5. The summed E-state index contributed by atoms with van der Waals surface area (Å²) in [6, 6.07) is 24.3. The van der Waals surface area contributed by atoms with E-state index in [1.54, 1.807) is 7.11 Å². The van der Waals surface area contributed by atoms with Crippen LogP contribution < -0.4 is 4.74 Å². The first-order valence-electron chi connectivity index (χ1n) is 13.0. The molecular formula is C31H31NO4. The summed E-state index contributed by atoms with van der Waals surface area (Å²) in [5.41, 5.74) is 5.52. The van der Waals surface area contributed by atoms with E-state index in [0.717, 1.165) is 19.3 Å². The number of piperidine rings is 2. The predicted octanol–water partition coefficient (Wildman–Crippen LogP) is 6.46. The third kappa shape index (κ3) is 3.87. The zero-order valence-corrected chi connectivity index (χ0v) is 20.6. The van der Waals surface area contributed by atoms with Gasteiger partial charge in [-0.05, 0) is 66.5 Å². The summed E-state index contributed by atoms with van der Waals surface area (Å²) < 4.78 is 11.5. The van der Waals surface area contributed by atoms with E-state index in [9.17, 15) is 9.59 Å². The Kier molecular flexibility index (Phi) is 6.00. The highest BCUT2D eigenvalue weighted by atomic mass is 16.6. The smallest absolute Gasteiger partial charge is 0.410 e. The Morgan fingerprint density at radius 1 is 0.833 bits per heavy atom. The number of hydrogen-bond donors (Lipinski definition) is 0. The molecule has 0 saturated carbocycles. The summed E-state index contributed by atoms with van der Waals surface area (Å²) in [6.45, 7) is 0.326. The average molecular weight is 482 g/mol. The number of carbonyl (C=O) groups is 2. The number of fused-ring (bicyclic) bond motifs is 5. The minimum absolute atomic E-state index is 0.0387. The van der Waals surface area contributed by atoms with Gasteiger partial charge in [0.1, 0.15) is 12.4 Å². The molecule has 0 spiro atoms. The summed E-state index contributed by atoms with van der Waals surface area (Å²) in [5, 5.41) is 0. The number of nitrogens with zero attached hydrogens (tertiary/aromatic N) is 1. The number of ether oxygens (including phenoxy) is 2. The molecule has 0 radical (unpaired) electrons. The van der Waals surface area contributed by atoms with Crippen molar-refractivity contribution < 1.29 is 19.1 Å². The van der Waals surface area contributed by atoms with Gasteiger partial charge in [-0.25, -0.2) is 4.79 Å². The van der Waals surface area contributed by atoms with Gasteiger partial charge in [0.05, 0.1) is 12.7 Å². The van der Waals surface area contributed by atoms with E-state index in [4.69, 9.17) is 9.47 Å². The lowest BCUT2D eigenvalue weighted by Crippen LogP contribution is -2.55. The summed E-state index contributed by atoms with van der Waals surface area (Å²) >= 11 is 0. The molecule has 3 aromatic carbocycles. The van der Waals surface area contributed by atoms with Crippen LogP contribution in [0.2, 0.25) is 0 Å². The molecular weight excluding hydrogens is 450 g/mol.